The number of amides is 2. The molecule has 0 radical (unpaired) electrons. The Bertz CT molecular complexity index is 1920. The molecule has 0 bridgehead atoms. The third kappa shape index (κ3) is 5.24. The van der Waals surface area contributed by atoms with Crippen LogP contribution in [0.2, 0.25) is 0 Å². The van der Waals surface area contributed by atoms with Crippen LogP contribution in [0, 0.1) is 19.7 Å². The summed E-state index contributed by atoms with van der Waals surface area (Å²) in [5.41, 5.74) is 4.60. The van der Waals surface area contributed by atoms with Gasteiger partial charge in [-0.15, -0.1) is 11.3 Å². The number of aryl methyl sites for hydroxylation is 2. The molecule has 1 atom stereocenters. The lowest BCUT2D eigenvalue weighted by atomic mass is 10.2. The number of anilines is 1. The van der Waals surface area contributed by atoms with E-state index in [1.807, 2.05) is 26.0 Å². The fraction of sp³-hybridized carbons (Fsp3) is 0.156. The number of carbonyl (C=O) groups excluding carboxylic acids is 2. The molecule has 6 rings (SSSR count). The van der Waals surface area contributed by atoms with Gasteiger partial charge < -0.3 is 0 Å². The lowest BCUT2D eigenvalue weighted by Crippen LogP contribution is -2.45. The molecule has 0 spiro atoms. The normalized spacial score (nSPS) is 15.7. The first-order valence-corrected chi connectivity index (χ1v) is 15.5. The molecule has 0 N–H and O–H groups in total. The fourth-order valence-electron chi connectivity index (χ4n) is 5.00. The zero-order valence-corrected chi connectivity index (χ0v) is 24.5. The summed E-state index contributed by atoms with van der Waals surface area (Å²) in [4.78, 5) is 32.7. The highest BCUT2D eigenvalue weighted by atomic mass is 32.2. The molecule has 4 aromatic carbocycles. The van der Waals surface area contributed by atoms with Crippen LogP contribution in [0.15, 0.2) is 95.9 Å². The Labute approximate surface area is 246 Å². The Hall–Kier alpha value is -4.25. The number of aromatic nitrogens is 1. The van der Waals surface area contributed by atoms with E-state index in [4.69, 9.17) is 4.98 Å². The molecule has 2 amide bonds. The maximum Gasteiger partial charge on any atom is 0.252 e. The van der Waals surface area contributed by atoms with Crippen LogP contribution in [0.3, 0.4) is 0 Å². The van der Waals surface area contributed by atoms with Crippen molar-refractivity contribution in [1.82, 2.24) is 9.29 Å². The van der Waals surface area contributed by atoms with E-state index in [9.17, 15) is 22.4 Å². The van der Waals surface area contributed by atoms with E-state index in [2.05, 4.69) is 6.07 Å². The molecule has 0 saturated carbocycles. The topological polar surface area (TPSA) is 87.7 Å². The van der Waals surface area contributed by atoms with E-state index in [1.54, 1.807) is 47.7 Å². The number of carbonyl (C=O) groups is 2. The van der Waals surface area contributed by atoms with Crippen LogP contribution in [0.4, 0.5) is 10.1 Å². The van der Waals surface area contributed by atoms with Crippen LogP contribution in [-0.4, -0.2) is 35.6 Å². The minimum Gasteiger partial charge on any atom is -0.274 e. The minimum absolute atomic E-state index is 0.00397. The molecule has 1 saturated heterocycles. The Kier molecular flexibility index (Phi) is 7.22. The van der Waals surface area contributed by atoms with Gasteiger partial charge in [0, 0.05) is 12.1 Å². The third-order valence-electron chi connectivity index (χ3n) is 7.27. The van der Waals surface area contributed by atoms with E-state index in [0.29, 0.717) is 11.3 Å². The van der Waals surface area contributed by atoms with Crippen LogP contribution in [0.5, 0.6) is 0 Å². The molecule has 2 heterocycles. The van der Waals surface area contributed by atoms with Crippen LogP contribution < -0.4 is 4.90 Å². The largest absolute Gasteiger partial charge is 0.274 e. The molecule has 1 unspecified atom stereocenters. The number of hydrogen-bond donors (Lipinski definition) is 0. The highest BCUT2D eigenvalue weighted by Crippen LogP contribution is 2.34. The molecule has 1 aliphatic heterocycles. The lowest BCUT2D eigenvalue weighted by Gasteiger charge is -2.27. The van der Waals surface area contributed by atoms with Gasteiger partial charge in [0.2, 0.25) is 15.9 Å². The molecular formula is C32H26FN3O4S2. The van der Waals surface area contributed by atoms with Crippen LogP contribution in [0.25, 0.3) is 20.8 Å². The van der Waals surface area contributed by atoms with Gasteiger partial charge in [-0.3, -0.25) is 9.59 Å². The predicted octanol–water partition coefficient (Wildman–Crippen LogP) is 6.24. The zero-order valence-electron chi connectivity index (χ0n) is 22.8. The number of imide groups is 1. The van der Waals surface area contributed by atoms with E-state index < -0.39 is 33.7 Å². The average molecular weight is 600 g/mol. The van der Waals surface area contributed by atoms with Crippen molar-refractivity contribution in [2.24, 2.45) is 0 Å². The number of fused-ring (bicyclic) bond motifs is 1. The summed E-state index contributed by atoms with van der Waals surface area (Å²) in [6, 6.07) is 23.4. The molecule has 42 heavy (non-hydrogen) atoms. The Morgan fingerprint density at radius 3 is 2.26 bits per heavy atom. The SMILES string of the molecule is Cc1ccc(S(=O)(=O)N(Cc2ccc(F)cc2)C2CC(=O)N(c3ccc(-c4nc5ccc(C)cc5s4)cc3)C2=O)cc1. The standard InChI is InChI=1S/C32H26FN3O4S2/c1-20-3-14-26(15-4-20)42(39,40)35(19-22-6-10-24(33)11-7-22)28-18-30(37)36(32(28)38)25-12-8-23(9-13-25)31-34-27-16-5-21(2)17-29(27)41-31/h3-17,28H,18-19H2,1-2H3. The summed E-state index contributed by atoms with van der Waals surface area (Å²) in [7, 11) is -4.20. The smallest absolute Gasteiger partial charge is 0.252 e. The summed E-state index contributed by atoms with van der Waals surface area (Å²) in [6.07, 6.45) is -0.315. The summed E-state index contributed by atoms with van der Waals surface area (Å²) in [5.74, 6) is -1.60. The number of thiazole rings is 1. The Balaban J connectivity index is 1.31. The fourth-order valence-corrected chi connectivity index (χ4v) is 7.64. The van der Waals surface area contributed by atoms with Gasteiger partial charge in [-0.25, -0.2) is 22.7 Å². The summed E-state index contributed by atoms with van der Waals surface area (Å²) < 4.78 is 43.4. The summed E-state index contributed by atoms with van der Waals surface area (Å²) >= 11 is 1.56. The van der Waals surface area contributed by atoms with Crippen molar-refractivity contribution in [2.45, 2.75) is 37.8 Å². The first-order chi connectivity index (χ1) is 20.1. The number of benzene rings is 4. The molecule has 212 valence electrons. The van der Waals surface area contributed by atoms with Crippen molar-refractivity contribution in [1.29, 1.82) is 0 Å². The predicted molar refractivity (Wildman–Crippen MR) is 161 cm³/mol. The average Bonchev–Trinajstić information content (AvgIpc) is 3.52. The minimum atomic E-state index is -4.20. The van der Waals surface area contributed by atoms with Crippen molar-refractivity contribution in [3.05, 3.63) is 114 Å². The number of rotatable bonds is 7. The maximum absolute atomic E-state index is 13.9. The van der Waals surface area contributed by atoms with E-state index >= 15 is 0 Å². The first kappa shape index (κ1) is 27.9. The molecule has 1 aliphatic rings. The highest BCUT2D eigenvalue weighted by molar-refractivity contribution is 7.89. The van der Waals surface area contributed by atoms with E-state index in [0.717, 1.165) is 41.1 Å². The number of hydrogen-bond acceptors (Lipinski definition) is 6. The highest BCUT2D eigenvalue weighted by Gasteiger charge is 2.47. The van der Waals surface area contributed by atoms with Gasteiger partial charge >= 0.3 is 0 Å². The lowest BCUT2D eigenvalue weighted by molar-refractivity contribution is -0.122. The van der Waals surface area contributed by atoms with Gasteiger partial charge in [0.1, 0.15) is 16.9 Å². The molecule has 0 aliphatic carbocycles. The van der Waals surface area contributed by atoms with Crippen LogP contribution in [0.1, 0.15) is 23.1 Å². The molecule has 5 aromatic rings. The zero-order chi connectivity index (χ0) is 29.6. The van der Waals surface area contributed by atoms with Gasteiger partial charge in [-0.05, 0) is 85.6 Å². The molecule has 10 heteroatoms. The third-order valence-corrected chi connectivity index (χ3v) is 10.2. The van der Waals surface area contributed by atoms with Crippen molar-refractivity contribution in [3.63, 3.8) is 0 Å². The maximum atomic E-state index is 13.9. The van der Waals surface area contributed by atoms with Gasteiger partial charge in [0.25, 0.3) is 5.91 Å². The number of sulfonamides is 1. The van der Waals surface area contributed by atoms with Gasteiger partial charge in [0.05, 0.1) is 27.2 Å². The van der Waals surface area contributed by atoms with Gasteiger partial charge in [-0.1, -0.05) is 35.9 Å². The van der Waals surface area contributed by atoms with Crippen LogP contribution in [-0.2, 0) is 26.2 Å². The quantitative estimate of drug-likeness (QED) is 0.207. The molecule has 1 fully saturated rings. The van der Waals surface area contributed by atoms with Crippen molar-refractivity contribution >= 4 is 49.1 Å². The summed E-state index contributed by atoms with van der Waals surface area (Å²) in [5, 5.41) is 0.814. The summed E-state index contributed by atoms with van der Waals surface area (Å²) in [6.45, 7) is 3.66. The second-order valence-corrected chi connectivity index (χ2v) is 13.2. The Morgan fingerprint density at radius 2 is 1.57 bits per heavy atom. The van der Waals surface area contributed by atoms with Gasteiger partial charge in [-0.2, -0.15) is 4.31 Å². The Morgan fingerprint density at radius 1 is 0.905 bits per heavy atom. The van der Waals surface area contributed by atoms with Crippen molar-refractivity contribution < 1.29 is 22.4 Å². The molecule has 7 nitrogen and oxygen atoms in total. The molecule has 1 aromatic heterocycles. The number of halogens is 1. The second-order valence-electron chi connectivity index (χ2n) is 10.3. The number of nitrogens with zero attached hydrogens (tertiary/aromatic N) is 3. The van der Waals surface area contributed by atoms with E-state index in [-0.39, 0.29) is 17.9 Å². The first-order valence-electron chi connectivity index (χ1n) is 13.3. The van der Waals surface area contributed by atoms with Crippen molar-refractivity contribution in [2.75, 3.05) is 4.90 Å². The van der Waals surface area contributed by atoms with Crippen molar-refractivity contribution in [3.8, 4) is 10.6 Å². The van der Waals surface area contributed by atoms with Crippen LogP contribution >= 0.6 is 11.3 Å². The molecular weight excluding hydrogens is 574 g/mol. The monoisotopic (exact) mass is 599 g/mol. The van der Waals surface area contributed by atoms with Gasteiger partial charge in [0.15, 0.2) is 0 Å². The second kappa shape index (κ2) is 10.9. The van der Waals surface area contributed by atoms with E-state index in [1.165, 1.54) is 36.4 Å².